The van der Waals surface area contributed by atoms with Crippen LogP contribution in [0.15, 0.2) is 30.3 Å². The van der Waals surface area contributed by atoms with Crippen LogP contribution >= 0.6 is 0 Å². The standard InChI is InChI=1S/C21H26N4O3/c1-15-3-5-17(6-4-15)14-22-20-23-16(2)13-18(24-20)19(26)25-9-7-21(8-10-25)27-11-12-28-21/h3-6,13H,7-12,14H2,1-2H3,(H,22,23,24). The Bertz CT molecular complexity index is 837. The molecule has 1 aromatic carbocycles. The van der Waals surface area contributed by atoms with Gasteiger partial charge in [-0.25, -0.2) is 9.97 Å². The fourth-order valence-corrected chi connectivity index (χ4v) is 3.64. The molecule has 1 spiro atoms. The molecule has 28 heavy (non-hydrogen) atoms. The maximum atomic E-state index is 12.9. The van der Waals surface area contributed by atoms with Gasteiger partial charge in [0.05, 0.1) is 13.2 Å². The zero-order valence-corrected chi connectivity index (χ0v) is 16.4. The van der Waals surface area contributed by atoms with Crippen molar-refractivity contribution in [1.82, 2.24) is 14.9 Å². The number of benzene rings is 1. The number of ether oxygens (including phenoxy) is 2. The molecule has 1 amide bonds. The number of anilines is 1. The maximum Gasteiger partial charge on any atom is 0.272 e. The number of hydrogen-bond donors (Lipinski definition) is 1. The molecule has 3 heterocycles. The van der Waals surface area contributed by atoms with Gasteiger partial charge in [-0.05, 0) is 25.5 Å². The Kier molecular flexibility index (Phi) is 5.28. The molecule has 0 saturated carbocycles. The summed E-state index contributed by atoms with van der Waals surface area (Å²) in [6.07, 6.45) is 1.39. The Balaban J connectivity index is 1.41. The Hall–Kier alpha value is -2.51. The Morgan fingerprint density at radius 3 is 2.46 bits per heavy atom. The van der Waals surface area contributed by atoms with Crippen molar-refractivity contribution in [2.75, 3.05) is 31.6 Å². The van der Waals surface area contributed by atoms with Crippen molar-refractivity contribution in [3.05, 3.63) is 52.8 Å². The van der Waals surface area contributed by atoms with Crippen molar-refractivity contribution >= 4 is 11.9 Å². The second kappa shape index (κ2) is 7.85. The zero-order valence-electron chi connectivity index (χ0n) is 16.4. The summed E-state index contributed by atoms with van der Waals surface area (Å²) in [5, 5.41) is 3.23. The number of nitrogens with zero attached hydrogens (tertiary/aromatic N) is 3. The molecule has 2 aliphatic heterocycles. The van der Waals surface area contributed by atoms with Gasteiger partial charge in [0.2, 0.25) is 5.95 Å². The number of aromatic nitrogens is 2. The number of rotatable bonds is 4. The van der Waals surface area contributed by atoms with Crippen LogP contribution < -0.4 is 5.32 Å². The number of nitrogens with one attached hydrogen (secondary N) is 1. The highest BCUT2D eigenvalue weighted by Gasteiger charge is 2.41. The molecule has 0 radical (unpaired) electrons. The molecule has 2 fully saturated rings. The second-order valence-electron chi connectivity index (χ2n) is 7.46. The lowest BCUT2D eigenvalue weighted by molar-refractivity contribution is -0.181. The van der Waals surface area contributed by atoms with E-state index in [0.717, 1.165) is 11.3 Å². The van der Waals surface area contributed by atoms with Gasteiger partial charge in [0.25, 0.3) is 5.91 Å². The van der Waals surface area contributed by atoms with Crippen LogP contribution in [0.5, 0.6) is 0 Å². The molecule has 1 N–H and O–H groups in total. The Morgan fingerprint density at radius 1 is 1.11 bits per heavy atom. The minimum atomic E-state index is -0.487. The van der Waals surface area contributed by atoms with E-state index in [9.17, 15) is 4.79 Å². The third-order valence-electron chi connectivity index (χ3n) is 5.27. The lowest BCUT2D eigenvalue weighted by Crippen LogP contribution is -2.47. The monoisotopic (exact) mass is 382 g/mol. The van der Waals surface area contributed by atoms with Crippen molar-refractivity contribution in [3.63, 3.8) is 0 Å². The van der Waals surface area contributed by atoms with E-state index in [1.807, 2.05) is 11.8 Å². The largest absolute Gasteiger partial charge is 0.350 e. The molecular formula is C21H26N4O3. The molecule has 2 saturated heterocycles. The molecule has 0 atom stereocenters. The highest BCUT2D eigenvalue weighted by Crippen LogP contribution is 2.31. The first-order chi connectivity index (χ1) is 13.5. The van der Waals surface area contributed by atoms with Crippen molar-refractivity contribution in [1.29, 1.82) is 0 Å². The third-order valence-corrected chi connectivity index (χ3v) is 5.27. The van der Waals surface area contributed by atoms with E-state index < -0.39 is 5.79 Å². The average molecular weight is 382 g/mol. The summed E-state index contributed by atoms with van der Waals surface area (Å²) in [5.41, 5.74) is 3.55. The van der Waals surface area contributed by atoms with Crippen LogP contribution in [-0.2, 0) is 16.0 Å². The summed E-state index contributed by atoms with van der Waals surface area (Å²) < 4.78 is 11.5. The van der Waals surface area contributed by atoms with Gasteiger partial charge in [0, 0.05) is 38.2 Å². The van der Waals surface area contributed by atoms with Gasteiger partial charge in [0.15, 0.2) is 5.79 Å². The number of hydrogen-bond acceptors (Lipinski definition) is 6. The predicted molar refractivity (Wildman–Crippen MR) is 105 cm³/mol. The molecular weight excluding hydrogens is 356 g/mol. The number of amides is 1. The highest BCUT2D eigenvalue weighted by atomic mass is 16.7. The fraction of sp³-hybridized carbons (Fsp3) is 0.476. The Morgan fingerprint density at radius 2 is 1.79 bits per heavy atom. The van der Waals surface area contributed by atoms with Crippen molar-refractivity contribution < 1.29 is 14.3 Å². The molecule has 0 bridgehead atoms. The molecule has 1 aromatic heterocycles. The summed E-state index contributed by atoms with van der Waals surface area (Å²) >= 11 is 0. The molecule has 2 aromatic rings. The second-order valence-corrected chi connectivity index (χ2v) is 7.46. The minimum Gasteiger partial charge on any atom is -0.350 e. The first-order valence-corrected chi connectivity index (χ1v) is 9.75. The van der Waals surface area contributed by atoms with E-state index in [1.54, 1.807) is 6.07 Å². The summed E-state index contributed by atoms with van der Waals surface area (Å²) in [7, 11) is 0. The van der Waals surface area contributed by atoms with Crippen LogP contribution in [0.3, 0.4) is 0 Å². The fourth-order valence-electron chi connectivity index (χ4n) is 3.64. The van der Waals surface area contributed by atoms with Crippen LogP contribution in [0.25, 0.3) is 0 Å². The molecule has 0 unspecified atom stereocenters. The van der Waals surface area contributed by atoms with E-state index in [2.05, 4.69) is 46.5 Å². The van der Waals surface area contributed by atoms with Gasteiger partial charge in [0.1, 0.15) is 5.69 Å². The highest BCUT2D eigenvalue weighted by molar-refractivity contribution is 5.92. The SMILES string of the molecule is Cc1ccc(CNc2nc(C)cc(C(=O)N3CCC4(CC3)OCCO4)n2)cc1. The summed E-state index contributed by atoms with van der Waals surface area (Å²) in [6, 6.07) is 10.0. The van der Waals surface area contributed by atoms with Gasteiger partial charge < -0.3 is 19.7 Å². The van der Waals surface area contributed by atoms with E-state index >= 15 is 0 Å². The van der Waals surface area contributed by atoms with Crippen LogP contribution in [0.1, 0.15) is 40.2 Å². The summed E-state index contributed by atoms with van der Waals surface area (Å²) in [6.45, 7) is 7.03. The quantitative estimate of drug-likeness (QED) is 0.876. The average Bonchev–Trinajstić information content (AvgIpc) is 3.15. The number of likely N-dealkylation sites (tertiary alicyclic amines) is 1. The van der Waals surface area contributed by atoms with Gasteiger partial charge in [-0.1, -0.05) is 29.8 Å². The van der Waals surface area contributed by atoms with E-state index in [-0.39, 0.29) is 5.91 Å². The van der Waals surface area contributed by atoms with Gasteiger partial charge in [-0.3, -0.25) is 4.79 Å². The van der Waals surface area contributed by atoms with Crippen LogP contribution in [0.2, 0.25) is 0 Å². The zero-order chi connectivity index (χ0) is 19.6. The van der Waals surface area contributed by atoms with Crippen molar-refractivity contribution in [2.24, 2.45) is 0 Å². The lowest BCUT2D eigenvalue weighted by atomic mass is 10.0. The first-order valence-electron chi connectivity index (χ1n) is 9.75. The first kappa shape index (κ1) is 18.8. The van der Waals surface area contributed by atoms with Gasteiger partial charge in [-0.2, -0.15) is 0 Å². The number of carbonyl (C=O) groups is 1. The van der Waals surface area contributed by atoms with Crippen molar-refractivity contribution in [3.8, 4) is 0 Å². The van der Waals surface area contributed by atoms with Crippen LogP contribution in [-0.4, -0.2) is 52.9 Å². The molecule has 148 valence electrons. The number of piperidine rings is 1. The summed E-state index contributed by atoms with van der Waals surface area (Å²) in [4.78, 5) is 23.6. The molecule has 7 heteroatoms. The van der Waals surface area contributed by atoms with E-state index in [1.165, 1.54) is 5.56 Å². The van der Waals surface area contributed by atoms with Crippen molar-refractivity contribution in [2.45, 2.75) is 39.0 Å². The minimum absolute atomic E-state index is 0.0725. The normalized spacial score (nSPS) is 18.4. The molecule has 4 rings (SSSR count). The Labute approximate surface area is 165 Å². The topological polar surface area (TPSA) is 76.6 Å². The lowest BCUT2D eigenvalue weighted by Gasteiger charge is -2.37. The molecule has 7 nitrogen and oxygen atoms in total. The maximum absolute atomic E-state index is 12.9. The molecule has 0 aliphatic carbocycles. The number of carbonyl (C=O) groups excluding carboxylic acids is 1. The van der Waals surface area contributed by atoms with E-state index in [4.69, 9.17) is 9.47 Å². The predicted octanol–water partition coefficient (Wildman–Crippen LogP) is 2.68. The number of aryl methyl sites for hydroxylation is 2. The van der Waals surface area contributed by atoms with E-state index in [0.29, 0.717) is 57.3 Å². The molecule has 2 aliphatic rings. The van der Waals surface area contributed by atoms with Crippen LogP contribution in [0.4, 0.5) is 5.95 Å². The third kappa shape index (κ3) is 4.15. The van der Waals surface area contributed by atoms with Crippen LogP contribution in [0, 0.1) is 13.8 Å². The smallest absolute Gasteiger partial charge is 0.272 e. The van der Waals surface area contributed by atoms with Gasteiger partial charge in [-0.15, -0.1) is 0 Å². The summed E-state index contributed by atoms with van der Waals surface area (Å²) in [5.74, 6) is -0.0874. The van der Waals surface area contributed by atoms with Gasteiger partial charge >= 0.3 is 0 Å².